The summed E-state index contributed by atoms with van der Waals surface area (Å²) in [6.07, 6.45) is 5.09. The van der Waals surface area contributed by atoms with Crippen molar-refractivity contribution >= 4 is 36.4 Å². The molecule has 1 amide bonds. The maximum Gasteiger partial charge on any atom is 0.241 e. The fourth-order valence-corrected chi connectivity index (χ4v) is 2.15. The Hall–Kier alpha value is -1.62. The highest BCUT2D eigenvalue weighted by Crippen LogP contribution is 2.25. The maximum atomic E-state index is 12.1. The monoisotopic (exact) mass is 355 g/mol. The summed E-state index contributed by atoms with van der Waals surface area (Å²) < 4.78 is 0. The van der Waals surface area contributed by atoms with Crippen molar-refractivity contribution in [3.63, 3.8) is 0 Å². The number of benzene rings is 1. The molecule has 1 heterocycles. The highest BCUT2D eigenvalue weighted by Gasteiger charge is 2.13. The van der Waals surface area contributed by atoms with Crippen LogP contribution in [0.4, 0.5) is 5.69 Å². The lowest BCUT2D eigenvalue weighted by Crippen LogP contribution is -2.35. The Morgan fingerprint density at radius 3 is 2.43 bits per heavy atom. The van der Waals surface area contributed by atoms with Crippen LogP contribution in [0, 0.1) is 6.92 Å². The molecule has 3 N–H and O–H groups in total. The van der Waals surface area contributed by atoms with Crippen molar-refractivity contribution in [2.45, 2.75) is 32.7 Å². The number of rotatable bonds is 5. The van der Waals surface area contributed by atoms with Crippen molar-refractivity contribution < 1.29 is 4.79 Å². The van der Waals surface area contributed by atoms with Gasteiger partial charge in [0, 0.05) is 18.1 Å². The number of hydrogen-bond donors (Lipinski definition) is 2. The number of nitrogens with zero attached hydrogens (tertiary/aromatic N) is 1. The van der Waals surface area contributed by atoms with Crippen molar-refractivity contribution in [3.05, 3.63) is 48.3 Å². The minimum atomic E-state index is -0.459. The van der Waals surface area contributed by atoms with E-state index in [0.717, 1.165) is 28.8 Å². The number of anilines is 1. The van der Waals surface area contributed by atoms with Gasteiger partial charge in [-0.1, -0.05) is 25.5 Å². The molecule has 0 spiro atoms. The Bertz CT molecular complexity index is 620. The van der Waals surface area contributed by atoms with Crippen LogP contribution in [0.15, 0.2) is 42.7 Å². The normalized spacial score (nSPS) is 10.9. The highest BCUT2D eigenvalue weighted by molar-refractivity contribution is 5.96. The number of amides is 1. The van der Waals surface area contributed by atoms with E-state index in [4.69, 9.17) is 5.73 Å². The number of nitrogens with two attached hydrogens (primary N) is 1. The van der Waals surface area contributed by atoms with Gasteiger partial charge in [0.1, 0.15) is 0 Å². The lowest BCUT2D eigenvalue weighted by molar-refractivity contribution is -0.117. The first-order chi connectivity index (χ1) is 10.1. The van der Waals surface area contributed by atoms with Crippen LogP contribution in [0.1, 0.15) is 25.3 Å². The van der Waals surface area contributed by atoms with E-state index >= 15 is 0 Å². The van der Waals surface area contributed by atoms with Crippen LogP contribution < -0.4 is 11.1 Å². The van der Waals surface area contributed by atoms with E-state index < -0.39 is 6.04 Å². The van der Waals surface area contributed by atoms with Crippen LogP contribution in [0.3, 0.4) is 0 Å². The number of aryl methyl sites for hydroxylation is 1. The van der Waals surface area contributed by atoms with E-state index in [1.807, 2.05) is 44.2 Å². The number of hydrogen-bond acceptors (Lipinski definition) is 3. The molecule has 0 saturated carbocycles. The second-order valence-corrected chi connectivity index (χ2v) is 5.15. The molecule has 0 radical (unpaired) electrons. The standard InChI is InChI=1S/C17H21N3O.2ClH/c1-3-4-15(18)17(21)20-16-11-14(6-5-12(16)2)13-7-9-19-10-8-13;;/h5-11,15H,3-4,18H2,1-2H3,(H,20,21);2*1H. The van der Waals surface area contributed by atoms with Crippen molar-refractivity contribution in [2.75, 3.05) is 5.32 Å². The van der Waals surface area contributed by atoms with E-state index in [1.165, 1.54) is 0 Å². The molecular weight excluding hydrogens is 333 g/mol. The number of nitrogens with one attached hydrogen (secondary N) is 1. The molecule has 126 valence electrons. The molecule has 0 aliphatic heterocycles. The summed E-state index contributed by atoms with van der Waals surface area (Å²) in [7, 11) is 0. The first-order valence-electron chi connectivity index (χ1n) is 7.19. The predicted molar refractivity (Wildman–Crippen MR) is 100 cm³/mol. The molecule has 0 saturated heterocycles. The van der Waals surface area contributed by atoms with E-state index in [2.05, 4.69) is 10.3 Å². The van der Waals surface area contributed by atoms with Crippen LogP contribution in [0.25, 0.3) is 11.1 Å². The summed E-state index contributed by atoms with van der Waals surface area (Å²) in [5, 5.41) is 2.93. The average Bonchev–Trinajstić information content (AvgIpc) is 2.50. The molecule has 1 aromatic heterocycles. The number of carbonyl (C=O) groups excluding carboxylic acids is 1. The summed E-state index contributed by atoms with van der Waals surface area (Å²) in [5.74, 6) is -0.133. The molecule has 0 aliphatic carbocycles. The molecule has 2 aromatic rings. The fraction of sp³-hybridized carbons (Fsp3) is 0.294. The molecule has 1 unspecified atom stereocenters. The van der Waals surface area contributed by atoms with Gasteiger partial charge in [-0.05, 0) is 48.2 Å². The van der Waals surface area contributed by atoms with Gasteiger partial charge in [0.25, 0.3) is 0 Å². The van der Waals surface area contributed by atoms with Gasteiger partial charge < -0.3 is 11.1 Å². The first-order valence-corrected chi connectivity index (χ1v) is 7.19. The Morgan fingerprint density at radius 2 is 1.83 bits per heavy atom. The molecular formula is C17H23Cl2N3O. The Balaban J connectivity index is 0.00000242. The van der Waals surface area contributed by atoms with Crippen LogP contribution in [0.2, 0.25) is 0 Å². The van der Waals surface area contributed by atoms with Crippen molar-refractivity contribution in [1.82, 2.24) is 4.98 Å². The molecule has 23 heavy (non-hydrogen) atoms. The second kappa shape index (κ2) is 10.2. The third kappa shape index (κ3) is 5.82. The molecule has 6 heteroatoms. The number of pyridine rings is 1. The Kier molecular flexibility index (Phi) is 9.49. The van der Waals surface area contributed by atoms with E-state index in [0.29, 0.717) is 6.42 Å². The van der Waals surface area contributed by atoms with Crippen LogP contribution in [-0.2, 0) is 4.79 Å². The number of aromatic nitrogens is 1. The van der Waals surface area contributed by atoms with E-state index in [9.17, 15) is 4.79 Å². The highest BCUT2D eigenvalue weighted by atomic mass is 35.5. The zero-order valence-corrected chi connectivity index (χ0v) is 14.9. The third-order valence-corrected chi connectivity index (χ3v) is 3.45. The molecule has 0 aliphatic rings. The van der Waals surface area contributed by atoms with Crippen molar-refractivity contribution in [2.24, 2.45) is 5.73 Å². The summed E-state index contributed by atoms with van der Waals surface area (Å²) in [6, 6.07) is 9.43. The van der Waals surface area contributed by atoms with Crippen molar-refractivity contribution in [3.8, 4) is 11.1 Å². The molecule has 1 atom stereocenters. The number of carbonyl (C=O) groups is 1. The lowest BCUT2D eigenvalue weighted by Gasteiger charge is -2.14. The largest absolute Gasteiger partial charge is 0.324 e. The smallest absolute Gasteiger partial charge is 0.241 e. The summed E-state index contributed by atoms with van der Waals surface area (Å²) in [4.78, 5) is 16.1. The second-order valence-electron chi connectivity index (χ2n) is 5.15. The van der Waals surface area contributed by atoms with Crippen LogP contribution in [-0.4, -0.2) is 16.9 Å². The quantitative estimate of drug-likeness (QED) is 0.852. The van der Waals surface area contributed by atoms with E-state index in [1.54, 1.807) is 12.4 Å². The zero-order chi connectivity index (χ0) is 15.2. The molecule has 0 bridgehead atoms. The first kappa shape index (κ1) is 21.4. The Morgan fingerprint density at radius 1 is 1.17 bits per heavy atom. The minimum Gasteiger partial charge on any atom is -0.324 e. The predicted octanol–water partition coefficient (Wildman–Crippen LogP) is 3.97. The summed E-state index contributed by atoms with van der Waals surface area (Å²) in [5.41, 5.74) is 9.79. The van der Waals surface area contributed by atoms with Crippen molar-refractivity contribution in [1.29, 1.82) is 0 Å². The third-order valence-electron chi connectivity index (χ3n) is 3.45. The van der Waals surface area contributed by atoms with Gasteiger partial charge in [0.15, 0.2) is 0 Å². The lowest BCUT2D eigenvalue weighted by atomic mass is 10.0. The molecule has 2 rings (SSSR count). The van der Waals surface area contributed by atoms with Crippen LogP contribution >= 0.6 is 24.8 Å². The van der Waals surface area contributed by atoms with E-state index in [-0.39, 0.29) is 30.7 Å². The van der Waals surface area contributed by atoms with Gasteiger partial charge in [0.2, 0.25) is 5.91 Å². The SMILES string of the molecule is CCCC(N)C(=O)Nc1cc(-c2ccncc2)ccc1C.Cl.Cl. The van der Waals surface area contributed by atoms with Crippen LogP contribution in [0.5, 0.6) is 0 Å². The molecule has 0 fully saturated rings. The Labute approximate surface area is 149 Å². The van der Waals surface area contributed by atoms with Gasteiger partial charge in [-0.25, -0.2) is 0 Å². The minimum absolute atomic E-state index is 0. The van der Waals surface area contributed by atoms with Gasteiger partial charge in [-0.2, -0.15) is 0 Å². The van der Waals surface area contributed by atoms with Gasteiger partial charge >= 0.3 is 0 Å². The topological polar surface area (TPSA) is 68.0 Å². The van der Waals surface area contributed by atoms with Gasteiger partial charge in [0.05, 0.1) is 6.04 Å². The van der Waals surface area contributed by atoms with Gasteiger partial charge in [-0.15, -0.1) is 24.8 Å². The summed E-state index contributed by atoms with van der Waals surface area (Å²) in [6.45, 7) is 3.99. The maximum absolute atomic E-state index is 12.1. The fourth-order valence-electron chi connectivity index (χ4n) is 2.15. The summed E-state index contributed by atoms with van der Waals surface area (Å²) >= 11 is 0. The van der Waals surface area contributed by atoms with Gasteiger partial charge in [-0.3, -0.25) is 9.78 Å². The average molecular weight is 356 g/mol. The zero-order valence-electron chi connectivity index (χ0n) is 13.3. The number of halogens is 2. The molecule has 4 nitrogen and oxygen atoms in total. The molecule has 1 aromatic carbocycles.